The molecule has 3 rings (SSSR count). The number of nitrogens with zero attached hydrogens (tertiary/aromatic N) is 2. The van der Waals surface area contributed by atoms with Crippen LogP contribution in [0.5, 0.6) is 0 Å². The molecule has 0 spiro atoms. The van der Waals surface area contributed by atoms with Crippen molar-refractivity contribution in [2.24, 2.45) is 18.9 Å². The monoisotopic (exact) mass is 347 g/mol. The minimum atomic E-state index is -0.0787. The van der Waals surface area contributed by atoms with Gasteiger partial charge < -0.3 is 5.32 Å². The molecule has 1 amide bonds. The number of thiophene rings is 1. The number of carbonyl (C=O) groups is 1. The molecule has 2 aromatic rings. The van der Waals surface area contributed by atoms with Gasteiger partial charge in [0.15, 0.2) is 0 Å². The number of aryl methyl sites for hydroxylation is 2. The highest BCUT2D eigenvalue weighted by molar-refractivity contribution is 7.20. The van der Waals surface area contributed by atoms with E-state index in [4.69, 9.17) is 0 Å². The highest BCUT2D eigenvalue weighted by atomic mass is 32.1. The van der Waals surface area contributed by atoms with E-state index in [2.05, 4.69) is 24.1 Å². The number of rotatable bonds is 2. The number of carbonyl (C=O) groups excluding carboxylic acids is 1. The molecule has 3 unspecified atom stereocenters. The summed E-state index contributed by atoms with van der Waals surface area (Å²) in [5.74, 6) is 1.70. The van der Waals surface area contributed by atoms with Crippen LogP contribution in [0, 0.1) is 25.7 Å². The van der Waals surface area contributed by atoms with Gasteiger partial charge in [0.05, 0.1) is 10.3 Å². The fourth-order valence-electron chi connectivity index (χ4n) is 3.60. The Balaban J connectivity index is 1.95. The summed E-state index contributed by atoms with van der Waals surface area (Å²) >= 11 is 1.32. The van der Waals surface area contributed by atoms with Crippen LogP contribution in [0.2, 0.25) is 0 Å². The maximum atomic E-state index is 12.8. The Kier molecular flexibility index (Phi) is 4.51. The van der Waals surface area contributed by atoms with Gasteiger partial charge in [-0.25, -0.2) is 4.98 Å². The lowest BCUT2D eigenvalue weighted by atomic mass is 9.78. The number of amides is 1. The normalized spacial score (nSPS) is 24.3. The average molecular weight is 347 g/mol. The Bertz CT molecular complexity index is 852. The van der Waals surface area contributed by atoms with Crippen LogP contribution < -0.4 is 10.9 Å². The van der Waals surface area contributed by atoms with Crippen LogP contribution in [0.15, 0.2) is 4.79 Å². The molecule has 2 aromatic heterocycles. The SMILES string of the molecule is Cc1c(C(=O)NC2CCCC(C)C2C)sc2nc(C)n(C)c(=O)c12. The lowest BCUT2D eigenvalue weighted by molar-refractivity contribution is 0.0895. The molecule has 24 heavy (non-hydrogen) atoms. The summed E-state index contributed by atoms with van der Waals surface area (Å²) in [7, 11) is 1.71. The molecule has 130 valence electrons. The molecule has 3 atom stereocenters. The Labute approximate surface area is 146 Å². The molecule has 1 aliphatic rings. The second-order valence-electron chi connectivity index (χ2n) is 7.11. The Morgan fingerprint density at radius 1 is 1.29 bits per heavy atom. The van der Waals surface area contributed by atoms with Gasteiger partial charge in [0.25, 0.3) is 11.5 Å². The molecule has 0 saturated heterocycles. The molecule has 5 nitrogen and oxygen atoms in total. The Morgan fingerprint density at radius 2 is 2.00 bits per heavy atom. The second kappa shape index (κ2) is 6.31. The highest BCUT2D eigenvalue weighted by Crippen LogP contribution is 2.31. The van der Waals surface area contributed by atoms with Crippen LogP contribution in [0.1, 0.15) is 54.2 Å². The van der Waals surface area contributed by atoms with Crippen LogP contribution in [-0.2, 0) is 7.05 Å². The highest BCUT2D eigenvalue weighted by Gasteiger charge is 2.29. The van der Waals surface area contributed by atoms with E-state index in [9.17, 15) is 9.59 Å². The van der Waals surface area contributed by atoms with E-state index in [1.807, 2.05) is 6.92 Å². The summed E-state index contributed by atoms with van der Waals surface area (Å²) in [6.07, 6.45) is 3.41. The standard InChI is InChI=1S/C18H25N3O2S/c1-9-7-6-8-13(10(9)2)20-16(22)15-11(3)14-17(24-15)19-12(4)21(5)18(14)23/h9-10,13H,6-8H2,1-5H3,(H,20,22). The molecule has 0 aliphatic heterocycles. The van der Waals surface area contributed by atoms with Gasteiger partial charge in [-0.2, -0.15) is 0 Å². The van der Waals surface area contributed by atoms with Crippen molar-refractivity contribution in [2.75, 3.05) is 0 Å². The number of nitrogens with one attached hydrogen (secondary N) is 1. The number of hydrogen-bond acceptors (Lipinski definition) is 4. The third kappa shape index (κ3) is 2.77. The largest absolute Gasteiger partial charge is 0.348 e. The number of hydrogen-bond donors (Lipinski definition) is 1. The fraction of sp³-hybridized carbons (Fsp3) is 0.611. The Hall–Kier alpha value is -1.69. The van der Waals surface area contributed by atoms with Gasteiger partial charge in [0.2, 0.25) is 0 Å². The minimum Gasteiger partial charge on any atom is -0.348 e. The summed E-state index contributed by atoms with van der Waals surface area (Å²) in [5.41, 5.74) is 0.669. The van der Waals surface area contributed by atoms with E-state index in [0.29, 0.717) is 32.8 Å². The van der Waals surface area contributed by atoms with Crippen LogP contribution in [0.25, 0.3) is 10.2 Å². The van der Waals surface area contributed by atoms with Gasteiger partial charge in [0.1, 0.15) is 10.7 Å². The number of fused-ring (bicyclic) bond motifs is 1. The molecular formula is C18H25N3O2S. The first kappa shape index (κ1) is 17.1. The van der Waals surface area contributed by atoms with E-state index in [1.54, 1.807) is 14.0 Å². The minimum absolute atomic E-state index is 0.0684. The molecule has 6 heteroatoms. The molecular weight excluding hydrogens is 322 g/mol. The van der Waals surface area contributed by atoms with Gasteiger partial charge >= 0.3 is 0 Å². The summed E-state index contributed by atoms with van der Waals surface area (Å²) < 4.78 is 1.54. The molecule has 1 aliphatic carbocycles. The van der Waals surface area contributed by atoms with Crippen molar-refractivity contribution < 1.29 is 4.79 Å². The molecule has 0 bridgehead atoms. The summed E-state index contributed by atoms with van der Waals surface area (Å²) in [6.45, 7) is 8.12. The Morgan fingerprint density at radius 3 is 2.71 bits per heavy atom. The second-order valence-corrected chi connectivity index (χ2v) is 8.11. The molecule has 1 fully saturated rings. The molecule has 0 aromatic carbocycles. The third-order valence-corrected chi connectivity index (χ3v) is 6.81. The van der Waals surface area contributed by atoms with Crippen molar-refractivity contribution in [2.45, 2.75) is 53.0 Å². The lowest BCUT2D eigenvalue weighted by Crippen LogP contribution is -2.43. The van der Waals surface area contributed by atoms with Crippen molar-refractivity contribution in [1.82, 2.24) is 14.9 Å². The maximum absolute atomic E-state index is 12.8. The topological polar surface area (TPSA) is 64.0 Å². The van der Waals surface area contributed by atoms with Crippen LogP contribution in [0.4, 0.5) is 0 Å². The van der Waals surface area contributed by atoms with Crippen molar-refractivity contribution in [3.05, 3.63) is 26.6 Å². The first-order valence-electron chi connectivity index (χ1n) is 8.58. The number of aromatic nitrogens is 2. The average Bonchev–Trinajstić information content (AvgIpc) is 2.86. The first-order chi connectivity index (χ1) is 11.3. The van der Waals surface area contributed by atoms with E-state index < -0.39 is 0 Å². The van der Waals surface area contributed by atoms with Crippen LogP contribution >= 0.6 is 11.3 Å². The lowest BCUT2D eigenvalue weighted by Gasteiger charge is -2.34. The zero-order valence-electron chi connectivity index (χ0n) is 15.0. The molecule has 1 saturated carbocycles. The zero-order chi connectivity index (χ0) is 17.6. The van der Waals surface area contributed by atoms with Crippen molar-refractivity contribution in [1.29, 1.82) is 0 Å². The van der Waals surface area contributed by atoms with E-state index in [1.165, 1.54) is 22.3 Å². The van der Waals surface area contributed by atoms with E-state index in [-0.39, 0.29) is 17.5 Å². The van der Waals surface area contributed by atoms with Gasteiger partial charge in [-0.1, -0.05) is 26.7 Å². The van der Waals surface area contributed by atoms with Gasteiger partial charge in [-0.15, -0.1) is 11.3 Å². The van der Waals surface area contributed by atoms with Gasteiger partial charge in [-0.3, -0.25) is 14.2 Å². The molecule has 1 N–H and O–H groups in total. The van der Waals surface area contributed by atoms with Crippen molar-refractivity contribution in [3.8, 4) is 0 Å². The summed E-state index contributed by atoms with van der Waals surface area (Å²) in [4.78, 5) is 31.0. The van der Waals surface area contributed by atoms with Crippen molar-refractivity contribution >= 4 is 27.5 Å². The zero-order valence-corrected chi connectivity index (χ0v) is 15.8. The van der Waals surface area contributed by atoms with Crippen molar-refractivity contribution in [3.63, 3.8) is 0 Å². The summed E-state index contributed by atoms with van der Waals surface area (Å²) in [5, 5.41) is 3.77. The van der Waals surface area contributed by atoms with Gasteiger partial charge in [-0.05, 0) is 37.7 Å². The maximum Gasteiger partial charge on any atom is 0.262 e. The smallest absolute Gasteiger partial charge is 0.262 e. The molecule has 0 radical (unpaired) electrons. The molecule has 2 heterocycles. The summed E-state index contributed by atoms with van der Waals surface area (Å²) in [6, 6.07) is 0.211. The van der Waals surface area contributed by atoms with E-state index in [0.717, 1.165) is 18.4 Å². The van der Waals surface area contributed by atoms with E-state index >= 15 is 0 Å². The first-order valence-corrected chi connectivity index (χ1v) is 9.40. The quantitative estimate of drug-likeness (QED) is 0.907. The predicted octanol–water partition coefficient (Wildman–Crippen LogP) is 3.17. The van der Waals surface area contributed by atoms with Crippen LogP contribution in [0.3, 0.4) is 0 Å². The fourth-order valence-corrected chi connectivity index (χ4v) is 4.72. The van der Waals surface area contributed by atoms with Crippen LogP contribution in [-0.4, -0.2) is 21.5 Å². The predicted molar refractivity (Wildman–Crippen MR) is 97.8 cm³/mol. The van der Waals surface area contributed by atoms with Gasteiger partial charge in [0, 0.05) is 13.1 Å². The third-order valence-electron chi connectivity index (χ3n) is 5.63.